The van der Waals surface area contributed by atoms with Crippen LogP contribution in [0.5, 0.6) is 0 Å². The Morgan fingerprint density at radius 1 is 0.735 bits per heavy atom. The molecule has 3 heterocycles. The zero-order valence-corrected chi connectivity index (χ0v) is 19.1. The molecule has 1 aliphatic rings. The smallest absolute Gasteiger partial charge is 0.253 e. The van der Waals surface area contributed by atoms with Crippen molar-refractivity contribution < 1.29 is 4.79 Å². The normalized spacial score (nSPS) is 13.6. The van der Waals surface area contributed by atoms with Crippen molar-refractivity contribution in [3.8, 4) is 11.1 Å². The number of aromatic nitrogens is 3. The Morgan fingerprint density at radius 2 is 1.47 bits per heavy atom. The largest absolute Gasteiger partial charge is 0.352 e. The number of nitrogens with zero attached hydrogens (tertiary/aromatic N) is 5. The molecule has 0 radical (unpaired) electrons. The van der Waals surface area contributed by atoms with E-state index < -0.39 is 0 Å². The monoisotopic (exact) mass is 450 g/mol. The molecule has 0 bridgehead atoms. The number of carbonyl (C=O) groups is 1. The fourth-order valence-corrected chi connectivity index (χ4v) is 4.06. The van der Waals surface area contributed by atoms with E-state index in [0.29, 0.717) is 37.6 Å². The zero-order valence-electron chi connectivity index (χ0n) is 19.1. The number of hydrogen-bond acceptors (Lipinski definition) is 6. The molecule has 1 saturated heterocycles. The van der Waals surface area contributed by atoms with Gasteiger partial charge in [0.15, 0.2) is 11.6 Å². The number of anilines is 3. The lowest BCUT2D eigenvalue weighted by Gasteiger charge is -2.35. The van der Waals surface area contributed by atoms with Crippen LogP contribution in [0.4, 0.5) is 17.5 Å². The first-order chi connectivity index (χ1) is 16.7. The van der Waals surface area contributed by atoms with E-state index in [-0.39, 0.29) is 5.91 Å². The summed E-state index contributed by atoms with van der Waals surface area (Å²) in [5.41, 5.74) is 3.91. The molecular formula is C27H26N6O. The highest BCUT2D eigenvalue weighted by Crippen LogP contribution is 2.21. The summed E-state index contributed by atoms with van der Waals surface area (Å²) in [6, 6.07) is 27.7. The van der Waals surface area contributed by atoms with Gasteiger partial charge in [-0.3, -0.25) is 4.79 Å². The van der Waals surface area contributed by atoms with Crippen molar-refractivity contribution in [2.45, 2.75) is 6.92 Å². The maximum absolute atomic E-state index is 13.0. The van der Waals surface area contributed by atoms with Crippen molar-refractivity contribution >= 4 is 23.4 Å². The van der Waals surface area contributed by atoms with Crippen LogP contribution in [-0.2, 0) is 0 Å². The number of carbonyl (C=O) groups excluding carboxylic acids is 1. The first-order valence-corrected chi connectivity index (χ1v) is 11.4. The van der Waals surface area contributed by atoms with Crippen LogP contribution in [0.25, 0.3) is 11.1 Å². The second kappa shape index (κ2) is 9.70. The molecular weight excluding hydrogens is 424 g/mol. The Hall–Kier alpha value is -4.26. The lowest BCUT2D eigenvalue weighted by molar-refractivity contribution is 0.0746. The van der Waals surface area contributed by atoms with Crippen LogP contribution in [0.1, 0.15) is 16.1 Å². The van der Waals surface area contributed by atoms with Crippen LogP contribution >= 0.6 is 0 Å². The van der Waals surface area contributed by atoms with Crippen LogP contribution in [0.3, 0.4) is 0 Å². The van der Waals surface area contributed by atoms with Gasteiger partial charge in [-0.15, -0.1) is 10.2 Å². The molecule has 2 aromatic carbocycles. The highest BCUT2D eigenvalue weighted by atomic mass is 16.2. The molecule has 7 nitrogen and oxygen atoms in total. The molecule has 0 spiro atoms. The van der Waals surface area contributed by atoms with Crippen molar-refractivity contribution in [3.05, 3.63) is 96.2 Å². The van der Waals surface area contributed by atoms with Gasteiger partial charge in [0.2, 0.25) is 0 Å². The average Bonchev–Trinajstić information content (AvgIpc) is 2.89. The predicted molar refractivity (Wildman–Crippen MR) is 134 cm³/mol. The molecule has 0 aliphatic carbocycles. The van der Waals surface area contributed by atoms with Gasteiger partial charge in [0, 0.05) is 37.4 Å². The molecule has 170 valence electrons. The van der Waals surface area contributed by atoms with E-state index in [2.05, 4.69) is 37.5 Å². The molecule has 1 N–H and O–H groups in total. The Morgan fingerprint density at radius 3 is 2.15 bits per heavy atom. The summed E-state index contributed by atoms with van der Waals surface area (Å²) in [6.45, 7) is 4.68. The van der Waals surface area contributed by atoms with Crippen LogP contribution in [0.2, 0.25) is 0 Å². The summed E-state index contributed by atoms with van der Waals surface area (Å²) in [7, 11) is 0. The molecule has 1 aliphatic heterocycles. The van der Waals surface area contributed by atoms with Crippen molar-refractivity contribution in [2.24, 2.45) is 0 Å². The van der Waals surface area contributed by atoms with E-state index in [0.717, 1.165) is 28.5 Å². The Bertz CT molecular complexity index is 1250. The summed E-state index contributed by atoms with van der Waals surface area (Å²) in [6.07, 6.45) is 0. The first-order valence-electron chi connectivity index (χ1n) is 11.4. The van der Waals surface area contributed by atoms with Gasteiger partial charge < -0.3 is 15.1 Å². The topological polar surface area (TPSA) is 74.2 Å². The van der Waals surface area contributed by atoms with Crippen LogP contribution < -0.4 is 10.2 Å². The van der Waals surface area contributed by atoms with Gasteiger partial charge in [-0.25, -0.2) is 4.98 Å². The Labute approximate surface area is 199 Å². The zero-order chi connectivity index (χ0) is 23.3. The maximum atomic E-state index is 13.0. The number of piperazine rings is 1. The van der Waals surface area contributed by atoms with Crippen LogP contribution in [0.15, 0.2) is 84.9 Å². The summed E-state index contributed by atoms with van der Waals surface area (Å²) in [4.78, 5) is 21.5. The number of benzene rings is 2. The van der Waals surface area contributed by atoms with Gasteiger partial charge in [-0.05, 0) is 54.4 Å². The van der Waals surface area contributed by atoms with Gasteiger partial charge in [0.1, 0.15) is 5.82 Å². The van der Waals surface area contributed by atoms with E-state index in [9.17, 15) is 4.79 Å². The fraction of sp³-hybridized carbons (Fsp3) is 0.185. The van der Waals surface area contributed by atoms with Gasteiger partial charge in [0.25, 0.3) is 5.91 Å². The summed E-state index contributed by atoms with van der Waals surface area (Å²) < 4.78 is 0. The molecule has 0 saturated carbocycles. The van der Waals surface area contributed by atoms with E-state index >= 15 is 0 Å². The van der Waals surface area contributed by atoms with Gasteiger partial charge in [-0.2, -0.15) is 0 Å². The van der Waals surface area contributed by atoms with Gasteiger partial charge >= 0.3 is 0 Å². The molecule has 1 amide bonds. The molecule has 5 rings (SSSR count). The molecule has 7 heteroatoms. The lowest BCUT2D eigenvalue weighted by atomic mass is 10.0. The van der Waals surface area contributed by atoms with E-state index in [4.69, 9.17) is 0 Å². The molecule has 0 unspecified atom stereocenters. The lowest BCUT2D eigenvalue weighted by Crippen LogP contribution is -2.49. The third-order valence-corrected chi connectivity index (χ3v) is 5.92. The van der Waals surface area contributed by atoms with Gasteiger partial charge in [0.05, 0.1) is 0 Å². The number of aryl methyl sites for hydroxylation is 1. The van der Waals surface area contributed by atoms with Gasteiger partial charge in [-0.1, -0.05) is 48.5 Å². The highest BCUT2D eigenvalue weighted by Gasteiger charge is 2.23. The first kappa shape index (κ1) is 21.6. The average molecular weight is 451 g/mol. The van der Waals surface area contributed by atoms with Crippen LogP contribution in [0, 0.1) is 6.92 Å². The Balaban J connectivity index is 1.17. The number of amides is 1. The number of nitrogens with one attached hydrogen (secondary N) is 1. The number of pyridine rings is 1. The highest BCUT2D eigenvalue weighted by molar-refractivity contribution is 5.95. The molecule has 2 aromatic heterocycles. The number of rotatable bonds is 5. The van der Waals surface area contributed by atoms with Crippen molar-refractivity contribution in [2.75, 3.05) is 36.4 Å². The standard InChI is InChI=1S/C27H26N6O/c1-20-6-5-9-24(28-20)29-25-14-15-26(31-30-25)32-16-18-33(19-17-32)27(34)23-12-10-22(11-13-23)21-7-3-2-4-8-21/h2-15H,16-19H2,1H3,(H,28,29,30). The van der Waals surface area contributed by atoms with Crippen LogP contribution in [-0.4, -0.2) is 52.2 Å². The minimum Gasteiger partial charge on any atom is -0.352 e. The fourth-order valence-electron chi connectivity index (χ4n) is 4.06. The predicted octanol–water partition coefficient (Wildman–Crippen LogP) is 4.55. The SMILES string of the molecule is Cc1cccc(Nc2ccc(N3CCN(C(=O)c4ccc(-c5ccccc5)cc4)CC3)nn2)n1. The van der Waals surface area contributed by atoms with Crippen molar-refractivity contribution in [1.29, 1.82) is 0 Å². The molecule has 34 heavy (non-hydrogen) atoms. The summed E-state index contributed by atoms with van der Waals surface area (Å²) in [5.74, 6) is 2.26. The molecule has 1 fully saturated rings. The second-order valence-corrected chi connectivity index (χ2v) is 8.29. The minimum absolute atomic E-state index is 0.0653. The summed E-state index contributed by atoms with van der Waals surface area (Å²) in [5, 5.41) is 11.8. The van der Waals surface area contributed by atoms with E-state index in [1.54, 1.807) is 0 Å². The Kier molecular flexibility index (Phi) is 6.16. The quantitative estimate of drug-likeness (QED) is 0.481. The molecule has 4 aromatic rings. The van der Waals surface area contributed by atoms with E-state index in [1.807, 2.05) is 84.6 Å². The third kappa shape index (κ3) is 4.88. The molecule has 0 atom stereocenters. The minimum atomic E-state index is 0.0653. The number of hydrogen-bond donors (Lipinski definition) is 1. The second-order valence-electron chi connectivity index (χ2n) is 8.29. The van der Waals surface area contributed by atoms with Crippen molar-refractivity contribution in [1.82, 2.24) is 20.1 Å². The summed E-state index contributed by atoms with van der Waals surface area (Å²) >= 11 is 0. The van der Waals surface area contributed by atoms with Crippen molar-refractivity contribution in [3.63, 3.8) is 0 Å². The third-order valence-electron chi connectivity index (χ3n) is 5.92. The van der Waals surface area contributed by atoms with E-state index in [1.165, 1.54) is 0 Å². The maximum Gasteiger partial charge on any atom is 0.253 e.